The molecule has 2 aromatic heterocycles. The van der Waals surface area contributed by atoms with E-state index < -0.39 is 0 Å². The van der Waals surface area contributed by atoms with Crippen LogP contribution < -0.4 is 5.56 Å². The van der Waals surface area contributed by atoms with Gasteiger partial charge in [-0.05, 0) is 69.6 Å². The normalized spacial score (nSPS) is 27.4. The van der Waals surface area contributed by atoms with E-state index in [1.807, 2.05) is 22.8 Å². The van der Waals surface area contributed by atoms with Crippen LogP contribution in [0.1, 0.15) is 30.9 Å². The van der Waals surface area contributed by atoms with Gasteiger partial charge in [0.2, 0.25) is 0 Å². The number of nitrogens with zero attached hydrogens (tertiary/aromatic N) is 3. The molecular weight excluding hydrogens is 326 g/mol. The third-order valence-electron chi connectivity index (χ3n) is 6.62. The lowest BCUT2D eigenvalue weighted by Gasteiger charge is -2.47. The largest absolute Gasteiger partial charge is 0.464 e. The zero-order valence-corrected chi connectivity index (χ0v) is 15.4. The summed E-state index contributed by atoms with van der Waals surface area (Å²) in [5.74, 6) is 1.75. The zero-order valence-electron chi connectivity index (χ0n) is 15.4. The second kappa shape index (κ2) is 6.39. The van der Waals surface area contributed by atoms with E-state index >= 15 is 0 Å². The van der Waals surface area contributed by atoms with Crippen molar-refractivity contribution in [1.29, 1.82) is 0 Å². The number of furan rings is 1. The number of fused-ring (bicyclic) bond motifs is 4. The van der Waals surface area contributed by atoms with Gasteiger partial charge in [0.15, 0.2) is 0 Å². The van der Waals surface area contributed by atoms with Gasteiger partial charge in [-0.3, -0.25) is 9.69 Å². The Balaban J connectivity index is 1.43. The van der Waals surface area contributed by atoms with Crippen molar-refractivity contribution in [1.82, 2.24) is 14.4 Å². The van der Waals surface area contributed by atoms with Gasteiger partial charge in [0.1, 0.15) is 5.76 Å². The molecule has 5 heteroatoms. The Morgan fingerprint density at radius 3 is 2.69 bits per heavy atom. The van der Waals surface area contributed by atoms with E-state index in [9.17, 15) is 4.79 Å². The molecule has 0 saturated carbocycles. The summed E-state index contributed by atoms with van der Waals surface area (Å²) in [6, 6.07) is 8.56. The second-order valence-electron chi connectivity index (χ2n) is 8.35. The molecule has 5 rings (SSSR count). The third-order valence-corrected chi connectivity index (χ3v) is 6.62. The first kappa shape index (κ1) is 16.3. The Kier molecular flexibility index (Phi) is 4.02. The van der Waals surface area contributed by atoms with Crippen molar-refractivity contribution in [2.24, 2.45) is 5.92 Å². The lowest BCUT2D eigenvalue weighted by Crippen LogP contribution is -2.53. The van der Waals surface area contributed by atoms with Crippen LogP contribution in [0.4, 0.5) is 0 Å². The van der Waals surface area contributed by atoms with Crippen LogP contribution >= 0.6 is 0 Å². The molecule has 5 nitrogen and oxygen atoms in total. The van der Waals surface area contributed by atoms with Crippen LogP contribution in [0.15, 0.2) is 39.7 Å². The summed E-state index contributed by atoms with van der Waals surface area (Å²) < 4.78 is 7.50. The van der Waals surface area contributed by atoms with Gasteiger partial charge in [-0.2, -0.15) is 0 Å². The number of likely N-dealkylation sites (tertiary alicyclic amines) is 2. The van der Waals surface area contributed by atoms with E-state index in [1.165, 1.54) is 38.0 Å². The van der Waals surface area contributed by atoms with E-state index in [4.69, 9.17) is 4.42 Å². The monoisotopic (exact) mass is 353 g/mol. The highest BCUT2D eigenvalue weighted by Crippen LogP contribution is 2.37. The summed E-state index contributed by atoms with van der Waals surface area (Å²) in [6.07, 6.45) is 5.41. The molecule has 3 aliphatic heterocycles. The summed E-state index contributed by atoms with van der Waals surface area (Å²) in [5, 5.41) is 0. The van der Waals surface area contributed by atoms with Gasteiger partial charge in [0.25, 0.3) is 5.56 Å². The molecule has 2 unspecified atom stereocenters. The first-order chi connectivity index (χ1) is 12.7. The Morgan fingerprint density at radius 1 is 1.08 bits per heavy atom. The van der Waals surface area contributed by atoms with Gasteiger partial charge in [0, 0.05) is 37.3 Å². The SMILES string of the molecule is CN1CCC(N2CC3CC(C2)c2ccc(-c4ccco4)c(=O)n2C3)CC1. The predicted octanol–water partition coefficient (Wildman–Crippen LogP) is 2.62. The van der Waals surface area contributed by atoms with Crippen LogP contribution in [0, 0.1) is 5.92 Å². The zero-order chi connectivity index (χ0) is 17.7. The number of aromatic nitrogens is 1. The van der Waals surface area contributed by atoms with Crippen molar-refractivity contribution in [3.05, 3.63) is 46.6 Å². The van der Waals surface area contributed by atoms with Crippen LogP contribution in [-0.4, -0.2) is 53.6 Å². The fraction of sp³-hybridized carbons (Fsp3) is 0.571. The maximum Gasteiger partial charge on any atom is 0.261 e. The van der Waals surface area contributed by atoms with Gasteiger partial charge < -0.3 is 13.9 Å². The average Bonchev–Trinajstić information content (AvgIpc) is 3.17. The summed E-state index contributed by atoms with van der Waals surface area (Å²) in [6.45, 7) is 5.51. The van der Waals surface area contributed by atoms with Crippen LogP contribution in [0.25, 0.3) is 11.3 Å². The Bertz CT molecular complexity index is 833. The molecule has 2 aromatic rings. The van der Waals surface area contributed by atoms with Crippen molar-refractivity contribution in [2.75, 3.05) is 33.2 Å². The van der Waals surface area contributed by atoms with Crippen molar-refractivity contribution < 1.29 is 4.42 Å². The minimum absolute atomic E-state index is 0.111. The minimum Gasteiger partial charge on any atom is -0.464 e. The highest BCUT2D eigenvalue weighted by Gasteiger charge is 2.37. The van der Waals surface area contributed by atoms with E-state index in [0.29, 0.717) is 23.2 Å². The Hall–Kier alpha value is -1.85. The number of hydrogen-bond acceptors (Lipinski definition) is 4. The van der Waals surface area contributed by atoms with Crippen molar-refractivity contribution in [3.63, 3.8) is 0 Å². The topological polar surface area (TPSA) is 41.6 Å². The van der Waals surface area contributed by atoms with E-state index in [-0.39, 0.29) is 5.56 Å². The maximum absolute atomic E-state index is 13.0. The molecule has 2 bridgehead atoms. The quantitative estimate of drug-likeness (QED) is 0.832. The van der Waals surface area contributed by atoms with Gasteiger partial charge >= 0.3 is 0 Å². The summed E-state index contributed by atoms with van der Waals surface area (Å²) in [4.78, 5) is 18.2. The molecule has 2 saturated heterocycles. The lowest BCUT2D eigenvalue weighted by molar-refractivity contribution is 0.0517. The number of pyridine rings is 1. The molecule has 0 aromatic carbocycles. The number of rotatable bonds is 2. The smallest absolute Gasteiger partial charge is 0.261 e. The fourth-order valence-electron chi connectivity index (χ4n) is 5.26. The van der Waals surface area contributed by atoms with Crippen LogP contribution in [0.5, 0.6) is 0 Å². The van der Waals surface area contributed by atoms with Crippen LogP contribution in [0.3, 0.4) is 0 Å². The molecule has 0 aliphatic carbocycles. The van der Waals surface area contributed by atoms with E-state index in [0.717, 1.165) is 25.7 Å². The van der Waals surface area contributed by atoms with Gasteiger partial charge in [-0.1, -0.05) is 0 Å². The van der Waals surface area contributed by atoms with E-state index in [1.54, 1.807) is 6.26 Å². The van der Waals surface area contributed by atoms with Gasteiger partial charge in [-0.15, -0.1) is 0 Å². The first-order valence-corrected chi connectivity index (χ1v) is 9.89. The lowest BCUT2D eigenvalue weighted by atomic mass is 9.81. The average molecular weight is 353 g/mol. The summed E-state index contributed by atoms with van der Waals surface area (Å²) in [5.41, 5.74) is 2.02. The molecule has 26 heavy (non-hydrogen) atoms. The molecule has 3 aliphatic rings. The number of hydrogen-bond donors (Lipinski definition) is 0. The molecule has 0 spiro atoms. The minimum atomic E-state index is 0.111. The van der Waals surface area contributed by atoms with Crippen LogP contribution in [0.2, 0.25) is 0 Å². The Labute approximate surface area is 154 Å². The predicted molar refractivity (Wildman–Crippen MR) is 101 cm³/mol. The summed E-state index contributed by atoms with van der Waals surface area (Å²) in [7, 11) is 2.22. The molecule has 0 N–H and O–H groups in total. The molecule has 2 atom stereocenters. The highest BCUT2D eigenvalue weighted by atomic mass is 16.3. The fourth-order valence-corrected chi connectivity index (χ4v) is 5.26. The number of piperidine rings is 2. The third kappa shape index (κ3) is 2.74. The molecule has 0 radical (unpaired) electrons. The van der Waals surface area contributed by atoms with Gasteiger partial charge in [-0.25, -0.2) is 0 Å². The first-order valence-electron chi connectivity index (χ1n) is 9.89. The van der Waals surface area contributed by atoms with Gasteiger partial charge in [0.05, 0.1) is 11.8 Å². The maximum atomic E-state index is 13.0. The summed E-state index contributed by atoms with van der Waals surface area (Å²) >= 11 is 0. The van der Waals surface area contributed by atoms with Crippen molar-refractivity contribution in [2.45, 2.75) is 37.8 Å². The van der Waals surface area contributed by atoms with Crippen molar-refractivity contribution in [3.8, 4) is 11.3 Å². The standard InChI is InChI=1S/C21H27N3O2/c1-22-8-6-17(7-9-22)23-12-15-11-16(14-23)19-5-4-18(20-3-2-10-26-20)21(25)24(19)13-15/h2-5,10,15-17H,6-9,11-14H2,1H3. The van der Waals surface area contributed by atoms with Crippen molar-refractivity contribution >= 4 is 0 Å². The Morgan fingerprint density at radius 2 is 1.92 bits per heavy atom. The molecular formula is C21H27N3O2. The second-order valence-corrected chi connectivity index (χ2v) is 8.35. The highest BCUT2D eigenvalue weighted by molar-refractivity contribution is 5.56. The molecule has 0 amide bonds. The molecule has 138 valence electrons. The van der Waals surface area contributed by atoms with E-state index in [2.05, 4.69) is 22.9 Å². The van der Waals surface area contributed by atoms with Crippen LogP contribution in [-0.2, 0) is 6.54 Å². The molecule has 2 fully saturated rings. The molecule has 5 heterocycles.